The predicted molar refractivity (Wildman–Crippen MR) is 80.3 cm³/mol. The SMILES string of the molecule is CC(=O)C(C)(C)Sc1ccccc1-c1ccncc1. The van der Waals surface area contributed by atoms with Crippen LogP contribution in [0.15, 0.2) is 53.7 Å². The lowest BCUT2D eigenvalue weighted by Crippen LogP contribution is -2.24. The van der Waals surface area contributed by atoms with Crippen LogP contribution in [0.4, 0.5) is 0 Å². The van der Waals surface area contributed by atoms with E-state index in [1.165, 1.54) is 0 Å². The monoisotopic (exact) mass is 271 g/mol. The summed E-state index contributed by atoms with van der Waals surface area (Å²) in [6.07, 6.45) is 3.57. The molecule has 0 atom stereocenters. The Bertz CT molecular complexity index is 578. The van der Waals surface area contributed by atoms with Crippen LogP contribution in [-0.2, 0) is 4.79 Å². The van der Waals surface area contributed by atoms with Crippen LogP contribution in [0.5, 0.6) is 0 Å². The normalized spacial score (nSPS) is 11.3. The number of benzene rings is 1. The topological polar surface area (TPSA) is 30.0 Å². The average molecular weight is 271 g/mol. The van der Waals surface area contributed by atoms with Crippen molar-refractivity contribution >= 4 is 17.5 Å². The van der Waals surface area contributed by atoms with Crippen LogP contribution in [0.2, 0.25) is 0 Å². The van der Waals surface area contributed by atoms with E-state index in [1.54, 1.807) is 31.1 Å². The molecule has 2 nitrogen and oxygen atoms in total. The van der Waals surface area contributed by atoms with Crippen molar-refractivity contribution in [3.63, 3.8) is 0 Å². The van der Waals surface area contributed by atoms with Crippen LogP contribution in [0.1, 0.15) is 20.8 Å². The van der Waals surface area contributed by atoms with Gasteiger partial charge in [0.1, 0.15) is 5.78 Å². The molecular weight excluding hydrogens is 254 g/mol. The summed E-state index contributed by atoms with van der Waals surface area (Å²) in [7, 11) is 0. The third-order valence-corrected chi connectivity index (χ3v) is 4.47. The third kappa shape index (κ3) is 3.24. The fourth-order valence-corrected chi connectivity index (χ4v) is 2.81. The zero-order valence-corrected chi connectivity index (χ0v) is 12.2. The summed E-state index contributed by atoms with van der Waals surface area (Å²) in [6, 6.07) is 12.1. The molecule has 19 heavy (non-hydrogen) atoms. The average Bonchev–Trinajstić information content (AvgIpc) is 2.40. The van der Waals surface area contributed by atoms with Gasteiger partial charge < -0.3 is 0 Å². The Hall–Kier alpha value is -1.61. The minimum atomic E-state index is -0.414. The third-order valence-electron chi connectivity index (χ3n) is 3.09. The van der Waals surface area contributed by atoms with Gasteiger partial charge in [-0.3, -0.25) is 9.78 Å². The van der Waals surface area contributed by atoms with Crippen LogP contribution < -0.4 is 0 Å². The first-order valence-corrected chi connectivity index (χ1v) is 7.02. The molecule has 0 aliphatic heterocycles. The fraction of sp³-hybridized carbons (Fsp3) is 0.250. The van der Waals surface area contributed by atoms with E-state index in [2.05, 4.69) is 17.1 Å². The molecule has 0 radical (unpaired) electrons. The fourth-order valence-electron chi connectivity index (χ4n) is 1.67. The van der Waals surface area contributed by atoms with Crippen molar-refractivity contribution in [2.75, 3.05) is 0 Å². The Balaban J connectivity index is 2.40. The smallest absolute Gasteiger partial charge is 0.145 e. The van der Waals surface area contributed by atoms with Gasteiger partial charge in [-0.25, -0.2) is 0 Å². The maximum Gasteiger partial charge on any atom is 0.145 e. The molecular formula is C16H17NOS. The van der Waals surface area contributed by atoms with Crippen molar-refractivity contribution in [1.82, 2.24) is 4.98 Å². The van der Waals surface area contributed by atoms with Gasteiger partial charge in [0, 0.05) is 17.3 Å². The Morgan fingerprint density at radius 1 is 1.11 bits per heavy atom. The molecule has 0 unspecified atom stereocenters. The summed E-state index contributed by atoms with van der Waals surface area (Å²) in [6.45, 7) is 5.56. The standard InChI is InChI=1S/C16H17NOS/c1-12(18)16(2,3)19-15-7-5-4-6-14(15)13-8-10-17-11-9-13/h4-11H,1-3H3. The van der Waals surface area contributed by atoms with E-state index in [1.807, 2.05) is 38.1 Å². The summed E-state index contributed by atoms with van der Waals surface area (Å²) in [5, 5.41) is 0. The number of hydrogen-bond acceptors (Lipinski definition) is 3. The summed E-state index contributed by atoms with van der Waals surface area (Å²) in [4.78, 5) is 16.8. The summed E-state index contributed by atoms with van der Waals surface area (Å²) >= 11 is 1.61. The minimum absolute atomic E-state index is 0.182. The molecule has 0 aliphatic rings. The molecule has 2 rings (SSSR count). The highest BCUT2D eigenvalue weighted by Crippen LogP contribution is 2.38. The maximum absolute atomic E-state index is 11.7. The molecule has 0 saturated heterocycles. The molecule has 0 bridgehead atoms. The molecule has 0 amide bonds. The summed E-state index contributed by atoms with van der Waals surface area (Å²) in [5.74, 6) is 0.182. The Morgan fingerprint density at radius 3 is 2.37 bits per heavy atom. The van der Waals surface area contributed by atoms with Gasteiger partial charge in [0.25, 0.3) is 0 Å². The van der Waals surface area contributed by atoms with Gasteiger partial charge in [-0.15, -0.1) is 11.8 Å². The van der Waals surface area contributed by atoms with Gasteiger partial charge in [-0.2, -0.15) is 0 Å². The van der Waals surface area contributed by atoms with Gasteiger partial charge in [0.05, 0.1) is 4.75 Å². The lowest BCUT2D eigenvalue weighted by molar-refractivity contribution is -0.118. The zero-order chi connectivity index (χ0) is 13.9. The number of carbonyl (C=O) groups excluding carboxylic acids is 1. The number of thioether (sulfide) groups is 1. The highest BCUT2D eigenvalue weighted by atomic mass is 32.2. The Morgan fingerprint density at radius 2 is 1.74 bits per heavy atom. The van der Waals surface area contributed by atoms with E-state index in [-0.39, 0.29) is 5.78 Å². The van der Waals surface area contributed by atoms with E-state index in [0.29, 0.717) is 0 Å². The van der Waals surface area contributed by atoms with E-state index < -0.39 is 4.75 Å². The van der Waals surface area contributed by atoms with Crippen molar-refractivity contribution in [2.45, 2.75) is 30.4 Å². The Kier molecular flexibility index (Phi) is 4.05. The number of ketones is 1. The van der Waals surface area contributed by atoms with Crippen LogP contribution in [-0.4, -0.2) is 15.5 Å². The lowest BCUT2D eigenvalue weighted by atomic mass is 10.1. The highest BCUT2D eigenvalue weighted by molar-refractivity contribution is 8.01. The van der Waals surface area contributed by atoms with E-state index in [0.717, 1.165) is 16.0 Å². The van der Waals surface area contributed by atoms with E-state index in [9.17, 15) is 4.79 Å². The van der Waals surface area contributed by atoms with Crippen molar-refractivity contribution in [3.05, 3.63) is 48.8 Å². The summed E-state index contributed by atoms with van der Waals surface area (Å²) in [5.41, 5.74) is 2.27. The second-order valence-electron chi connectivity index (χ2n) is 4.90. The van der Waals surface area contributed by atoms with Crippen LogP contribution in [0.25, 0.3) is 11.1 Å². The second kappa shape index (κ2) is 5.57. The zero-order valence-electron chi connectivity index (χ0n) is 11.4. The van der Waals surface area contributed by atoms with Gasteiger partial charge in [-0.05, 0) is 50.1 Å². The number of Topliss-reactive ketones (excluding diaryl/α,β-unsaturated/α-hetero) is 1. The number of nitrogens with zero attached hydrogens (tertiary/aromatic N) is 1. The first kappa shape index (κ1) is 13.8. The number of hydrogen-bond donors (Lipinski definition) is 0. The molecule has 0 spiro atoms. The van der Waals surface area contributed by atoms with Gasteiger partial charge in [0.2, 0.25) is 0 Å². The highest BCUT2D eigenvalue weighted by Gasteiger charge is 2.26. The molecule has 1 aromatic carbocycles. The minimum Gasteiger partial charge on any atom is -0.298 e. The van der Waals surface area contributed by atoms with E-state index >= 15 is 0 Å². The molecule has 1 heterocycles. The molecule has 3 heteroatoms. The number of carbonyl (C=O) groups is 1. The van der Waals surface area contributed by atoms with Crippen molar-refractivity contribution in [2.24, 2.45) is 0 Å². The molecule has 0 aliphatic carbocycles. The van der Waals surface area contributed by atoms with Crippen LogP contribution >= 0.6 is 11.8 Å². The van der Waals surface area contributed by atoms with Crippen LogP contribution in [0.3, 0.4) is 0 Å². The summed E-state index contributed by atoms with van der Waals surface area (Å²) < 4.78 is -0.414. The Labute approximate surface area is 118 Å². The number of rotatable bonds is 4. The van der Waals surface area contributed by atoms with Crippen LogP contribution in [0, 0.1) is 0 Å². The van der Waals surface area contributed by atoms with Gasteiger partial charge in [0.15, 0.2) is 0 Å². The maximum atomic E-state index is 11.7. The predicted octanol–water partition coefficient (Wildman–Crippen LogP) is 4.21. The first-order valence-electron chi connectivity index (χ1n) is 6.20. The second-order valence-corrected chi connectivity index (χ2v) is 6.57. The molecule has 0 N–H and O–H groups in total. The van der Waals surface area contributed by atoms with Crippen molar-refractivity contribution in [3.8, 4) is 11.1 Å². The lowest BCUT2D eigenvalue weighted by Gasteiger charge is -2.22. The molecule has 0 saturated carbocycles. The van der Waals surface area contributed by atoms with Gasteiger partial charge >= 0.3 is 0 Å². The largest absolute Gasteiger partial charge is 0.298 e. The molecule has 0 fully saturated rings. The van der Waals surface area contributed by atoms with Crippen molar-refractivity contribution in [1.29, 1.82) is 0 Å². The van der Waals surface area contributed by atoms with E-state index in [4.69, 9.17) is 0 Å². The molecule has 98 valence electrons. The quantitative estimate of drug-likeness (QED) is 0.780. The number of pyridine rings is 1. The molecule has 1 aromatic heterocycles. The van der Waals surface area contributed by atoms with Crippen molar-refractivity contribution < 1.29 is 4.79 Å². The first-order chi connectivity index (χ1) is 9.00. The number of aromatic nitrogens is 1. The molecule has 2 aromatic rings. The van der Waals surface area contributed by atoms with Gasteiger partial charge in [-0.1, -0.05) is 18.2 Å².